The first-order valence-corrected chi connectivity index (χ1v) is 7.43. The van der Waals surface area contributed by atoms with Gasteiger partial charge in [-0.1, -0.05) is 6.07 Å². The average Bonchev–Trinajstić information content (AvgIpc) is 2.83. The Morgan fingerprint density at radius 1 is 1.56 bits per heavy atom. The van der Waals surface area contributed by atoms with Gasteiger partial charge < -0.3 is 0 Å². The zero-order valence-electron chi connectivity index (χ0n) is 9.05. The van der Waals surface area contributed by atoms with E-state index in [-0.39, 0.29) is 5.91 Å². The van der Waals surface area contributed by atoms with E-state index >= 15 is 0 Å². The molecule has 1 amide bonds. The predicted molar refractivity (Wildman–Crippen MR) is 67.4 cm³/mol. The van der Waals surface area contributed by atoms with Crippen LogP contribution in [0, 0.1) is 0 Å². The van der Waals surface area contributed by atoms with Crippen molar-refractivity contribution in [2.24, 2.45) is 0 Å². The number of thioether (sulfide) groups is 1. The van der Waals surface area contributed by atoms with Gasteiger partial charge in [0.15, 0.2) is 0 Å². The second-order valence-electron chi connectivity index (χ2n) is 3.61. The van der Waals surface area contributed by atoms with Crippen molar-refractivity contribution in [3.05, 3.63) is 22.4 Å². The van der Waals surface area contributed by atoms with Crippen LogP contribution in [0.3, 0.4) is 0 Å². The van der Waals surface area contributed by atoms with Crippen molar-refractivity contribution in [3.63, 3.8) is 0 Å². The molecule has 2 rings (SSSR count). The van der Waals surface area contributed by atoms with E-state index in [0.29, 0.717) is 12.4 Å². The molecule has 1 aliphatic rings. The number of rotatable bonds is 4. The molecule has 2 heterocycles. The van der Waals surface area contributed by atoms with Crippen LogP contribution in [-0.4, -0.2) is 29.9 Å². The molecule has 0 N–H and O–H groups in total. The maximum Gasteiger partial charge on any atom is 0.256 e. The van der Waals surface area contributed by atoms with Crippen molar-refractivity contribution >= 4 is 29.0 Å². The number of nitrogens with zero attached hydrogens (tertiary/aromatic N) is 1. The zero-order chi connectivity index (χ0) is 11.2. The van der Waals surface area contributed by atoms with E-state index in [1.165, 1.54) is 9.94 Å². The summed E-state index contributed by atoms with van der Waals surface area (Å²) in [5.74, 6) is 1.52. The molecule has 1 aromatic rings. The van der Waals surface area contributed by atoms with Gasteiger partial charge in [-0.3, -0.25) is 9.63 Å². The molecule has 16 heavy (non-hydrogen) atoms. The Labute approximate surface area is 104 Å². The van der Waals surface area contributed by atoms with Gasteiger partial charge in [0.1, 0.15) is 0 Å². The summed E-state index contributed by atoms with van der Waals surface area (Å²) in [6.07, 6.45) is 2.12. The topological polar surface area (TPSA) is 29.5 Å². The normalized spacial score (nSPS) is 16.4. The van der Waals surface area contributed by atoms with Crippen LogP contribution in [0.25, 0.3) is 0 Å². The Kier molecular flexibility index (Phi) is 4.69. The van der Waals surface area contributed by atoms with Crippen molar-refractivity contribution in [1.82, 2.24) is 5.06 Å². The van der Waals surface area contributed by atoms with Crippen LogP contribution in [0.4, 0.5) is 0 Å². The molecule has 88 valence electrons. The van der Waals surface area contributed by atoms with Gasteiger partial charge in [0, 0.05) is 17.2 Å². The van der Waals surface area contributed by atoms with E-state index in [2.05, 4.69) is 11.4 Å². The smallest absolute Gasteiger partial charge is 0.256 e. The summed E-state index contributed by atoms with van der Waals surface area (Å²) in [6, 6.07) is 4.13. The van der Waals surface area contributed by atoms with Gasteiger partial charge in [0.25, 0.3) is 5.91 Å². The van der Waals surface area contributed by atoms with Crippen molar-refractivity contribution in [3.8, 4) is 0 Å². The van der Waals surface area contributed by atoms with Crippen LogP contribution >= 0.6 is 23.1 Å². The summed E-state index contributed by atoms with van der Waals surface area (Å²) in [5, 5.41) is 3.58. The molecule has 0 spiro atoms. The minimum atomic E-state index is 0.0984. The third kappa shape index (κ3) is 3.50. The lowest BCUT2D eigenvalue weighted by Crippen LogP contribution is -2.36. The molecule has 0 aliphatic carbocycles. The lowest BCUT2D eigenvalue weighted by atomic mass is 10.3. The highest BCUT2D eigenvalue weighted by Gasteiger charge is 2.17. The van der Waals surface area contributed by atoms with E-state index < -0.39 is 0 Å². The van der Waals surface area contributed by atoms with Crippen LogP contribution in [0.1, 0.15) is 17.7 Å². The second kappa shape index (κ2) is 6.27. The molecule has 5 heteroatoms. The Balaban J connectivity index is 1.67. The van der Waals surface area contributed by atoms with Gasteiger partial charge in [0.2, 0.25) is 0 Å². The average molecular weight is 257 g/mol. The molecule has 1 fully saturated rings. The number of carbonyl (C=O) groups excluding carboxylic acids is 1. The number of hydrogen-bond donors (Lipinski definition) is 0. The molecular weight excluding hydrogens is 242 g/mol. The largest absolute Gasteiger partial charge is 0.272 e. The SMILES string of the molecule is O=C(CSCc1cccs1)N1CCCCO1. The summed E-state index contributed by atoms with van der Waals surface area (Å²) >= 11 is 3.39. The van der Waals surface area contributed by atoms with Gasteiger partial charge in [0.05, 0.1) is 12.4 Å². The number of hydroxylamine groups is 2. The second-order valence-corrected chi connectivity index (χ2v) is 5.63. The van der Waals surface area contributed by atoms with Crippen LogP contribution in [-0.2, 0) is 15.4 Å². The monoisotopic (exact) mass is 257 g/mol. The maximum absolute atomic E-state index is 11.7. The molecule has 0 radical (unpaired) electrons. The molecule has 1 saturated heterocycles. The molecule has 0 atom stereocenters. The minimum absolute atomic E-state index is 0.0984. The number of carbonyl (C=O) groups is 1. The maximum atomic E-state index is 11.7. The van der Waals surface area contributed by atoms with E-state index in [4.69, 9.17) is 4.84 Å². The fraction of sp³-hybridized carbons (Fsp3) is 0.545. The first-order chi connectivity index (χ1) is 7.86. The number of thiophene rings is 1. The van der Waals surface area contributed by atoms with Crippen molar-refractivity contribution in [2.45, 2.75) is 18.6 Å². The van der Waals surface area contributed by atoms with Crippen LogP contribution in [0.15, 0.2) is 17.5 Å². The van der Waals surface area contributed by atoms with E-state index in [1.54, 1.807) is 23.1 Å². The standard InChI is InChI=1S/C11H15NO2S2/c13-11(12-5-1-2-6-14-12)9-15-8-10-4-3-7-16-10/h3-4,7H,1-2,5-6,8-9H2. The molecule has 1 aromatic heterocycles. The highest BCUT2D eigenvalue weighted by molar-refractivity contribution is 7.99. The molecule has 0 bridgehead atoms. The first kappa shape index (κ1) is 12.0. The molecule has 0 aromatic carbocycles. The highest BCUT2D eigenvalue weighted by Crippen LogP contribution is 2.18. The summed E-state index contributed by atoms with van der Waals surface area (Å²) in [5.41, 5.74) is 0. The van der Waals surface area contributed by atoms with Gasteiger partial charge in [-0.25, -0.2) is 5.06 Å². The van der Waals surface area contributed by atoms with Crippen molar-refractivity contribution in [1.29, 1.82) is 0 Å². The quantitative estimate of drug-likeness (QED) is 0.830. The number of hydrogen-bond acceptors (Lipinski definition) is 4. The zero-order valence-corrected chi connectivity index (χ0v) is 10.7. The van der Waals surface area contributed by atoms with E-state index in [9.17, 15) is 4.79 Å². The highest BCUT2D eigenvalue weighted by atomic mass is 32.2. The van der Waals surface area contributed by atoms with Crippen LogP contribution < -0.4 is 0 Å². The Morgan fingerprint density at radius 3 is 3.19 bits per heavy atom. The molecule has 1 aliphatic heterocycles. The fourth-order valence-electron chi connectivity index (χ4n) is 1.50. The van der Waals surface area contributed by atoms with Crippen LogP contribution in [0.2, 0.25) is 0 Å². The summed E-state index contributed by atoms with van der Waals surface area (Å²) in [4.78, 5) is 18.3. The fourth-order valence-corrected chi connectivity index (χ4v) is 3.23. The Hall–Kier alpha value is -0.520. The molecule has 3 nitrogen and oxygen atoms in total. The predicted octanol–water partition coefficient (Wildman–Crippen LogP) is 2.54. The molecular formula is C11H15NO2S2. The minimum Gasteiger partial charge on any atom is -0.272 e. The third-order valence-electron chi connectivity index (χ3n) is 2.33. The molecule has 0 saturated carbocycles. The summed E-state index contributed by atoms with van der Waals surface area (Å²) in [7, 11) is 0. The van der Waals surface area contributed by atoms with Crippen LogP contribution in [0.5, 0.6) is 0 Å². The Bertz CT molecular complexity index is 321. The summed E-state index contributed by atoms with van der Waals surface area (Å²) < 4.78 is 0. The van der Waals surface area contributed by atoms with Gasteiger partial charge in [-0.15, -0.1) is 23.1 Å². The van der Waals surface area contributed by atoms with E-state index in [0.717, 1.165) is 25.1 Å². The van der Waals surface area contributed by atoms with Gasteiger partial charge in [-0.05, 0) is 24.3 Å². The third-order valence-corrected chi connectivity index (χ3v) is 4.36. The lowest BCUT2D eigenvalue weighted by Gasteiger charge is -2.25. The number of amides is 1. The van der Waals surface area contributed by atoms with E-state index in [1.807, 2.05) is 6.07 Å². The lowest BCUT2D eigenvalue weighted by molar-refractivity contribution is -0.194. The van der Waals surface area contributed by atoms with Crippen molar-refractivity contribution in [2.75, 3.05) is 18.9 Å². The Morgan fingerprint density at radius 2 is 2.50 bits per heavy atom. The van der Waals surface area contributed by atoms with Crippen molar-refractivity contribution < 1.29 is 9.63 Å². The first-order valence-electron chi connectivity index (χ1n) is 5.39. The van der Waals surface area contributed by atoms with Gasteiger partial charge >= 0.3 is 0 Å². The summed E-state index contributed by atoms with van der Waals surface area (Å²) in [6.45, 7) is 1.43. The van der Waals surface area contributed by atoms with Gasteiger partial charge in [-0.2, -0.15) is 0 Å². The molecule has 0 unspecified atom stereocenters.